The van der Waals surface area contributed by atoms with E-state index in [0.29, 0.717) is 6.54 Å². The van der Waals surface area contributed by atoms with E-state index in [1.54, 1.807) is 0 Å². The molecule has 6 heteroatoms. The van der Waals surface area contributed by atoms with E-state index in [4.69, 9.17) is 15.6 Å². The van der Waals surface area contributed by atoms with Gasteiger partial charge in [0.25, 0.3) is 0 Å². The summed E-state index contributed by atoms with van der Waals surface area (Å²) in [5, 5.41) is 11.6. The minimum Gasteiger partial charge on any atom is -0.481 e. The van der Waals surface area contributed by atoms with Crippen LogP contribution >= 0.6 is 0 Å². The number of carboxylic acid groups (broad SMARTS) is 1. The molecule has 1 fully saturated rings. The van der Waals surface area contributed by atoms with Crippen LogP contribution in [0.4, 0.5) is 0 Å². The van der Waals surface area contributed by atoms with E-state index in [-0.39, 0.29) is 18.9 Å². The first-order chi connectivity index (χ1) is 9.54. The largest absolute Gasteiger partial charge is 0.481 e. The Hall–Kier alpha value is -1.14. The Morgan fingerprint density at radius 1 is 1.30 bits per heavy atom. The molecule has 1 aliphatic rings. The van der Waals surface area contributed by atoms with Crippen LogP contribution in [-0.2, 0) is 14.3 Å². The summed E-state index contributed by atoms with van der Waals surface area (Å²) >= 11 is 0. The lowest BCUT2D eigenvalue weighted by Gasteiger charge is -2.30. The number of nitrogens with one attached hydrogen (secondary N) is 1. The van der Waals surface area contributed by atoms with Crippen LogP contribution in [0.3, 0.4) is 0 Å². The van der Waals surface area contributed by atoms with E-state index in [9.17, 15) is 9.59 Å². The Kier molecular flexibility index (Phi) is 6.95. The maximum Gasteiger partial charge on any atom is 0.306 e. The molecule has 0 bridgehead atoms. The highest BCUT2D eigenvalue weighted by molar-refractivity contribution is 5.83. The summed E-state index contributed by atoms with van der Waals surface area (Å²) in [6.45, 7) is 0.554. The maximum absolute atomic E-state index is 12.4. The highest BCUT2D eigenvalue weighted by atomic mass is 16.5. The number of ether oxygens (including phenoxy) is 1. The Balaban J connectivity index is 2.55. The monoisotopic (exact) mass is 286 g/mol. The number of hydrogen-bond acceptors (Lipinski definition) is 4. The Labute approximate surface area is 120 Å². The molecular weight excluding hydrogens is 260 g/mol. The van der Waals surface area contributed by atoms with Gasteiger partial charge in [0.15, 0.2) is 0 Å². The van der Waals surface area contributed by atoms with Gasteiger partial charge in [0.2, 0.25) is 5.91 Å². The van der Waals surface area contributed by atoms with Crippen molar-refractivity contribution in [3.8, 4) is 0 Å². The molecule has 0 aliphatic heterocycles. The highest BCUT2D eigenvalue weighted by Gasteiger charge is 2.37. The summed E-state index contributed by atoms with van der Waals surface area (Å²) < 4.78 is 5.06. The molecule has 0 radical (unpaired) electrons. The average molecular weight is 286 g/mol. The van der Waals surface area contributed by atoms with Crippen molar-refractivity contribution in [2.45, 2.75) is 51.0 Å². The lowest BCUT2D eigenvalue weighted by Crippen LogP contribution is -2.48. The lowest BCUT2D eigenvalue weighted by atomic mass is 9.79. The molecule has 6 nitrogen and oxygen atoms in total. The molecule has 1 atom stereocenters. The first-order valence-electron chi connectivity index (χ1n) is 7.27. The predicted molar refractivity (Wildman–Crippen MR) is 75.2 cm³/mol. The zero-order valence-corrected chi connectivity index (χ0v) is 12.2. The number of carbonyl (C=O) groups is 2. The topological polar surface area (TPSA) is 102 Å². The van der Waals surface area contributed by atoms with Gasteiger partial charge in [-0.2, -0.15) is 0 Å². The van der Waals surface area contributed by atoms with Gasteiger partial charge in [0.1, 0.15) is 0 Å². The second-order valence-corrected chi connectivity index (χ2v) is 5.56. The normalized spacial score (nSPS) is 19.9. The van der Waals surface area contributed by atoms with Crippen molar-refractivity contribution in [3.05, 3.63) is 0 Å². The van der Waals surface area contributed by atoms with Crippen LogP contribution in [0, 0.1) is 5.41 Å². The van der Waals surface area contributed by atoms with Crippen LogP contribution in [0.1, 0.15) is 44.9 Å². The number of aliphatic carboxylic acids is 1. The van der Waals surface area contributed by atoms with E-state index in [0.717, 1.165) is 38.5 Å². The third-order valence-electron chi connectivity index (χ3n) is 4.16. The SMILES string of the molecule is COC(CNC(=O)C1(CN)CCCCCC1)CC(=O)O. The molecule has 20 heavy (non-hydrogen) atoms. The molecule has 0 aromatic rings. The third-order valence-corrected chi connectivity index (χ3v) is 4.16. The second-order valence-electron chi connectivity index (χ2n) is 5.56. The van der Waals surface area contributed by atoms with Gasteiger partial charge in [-0.3, -0.25) is 9.59 Å². The van der Waals surface area contributed by atoms with Gasteiger partial charge in [-0.1, -0.05) is 25.7 Å². The molecule has 0 spiro atoms. The first kappa shape index (κ1) is 16.9. The maximum atomic E-state index is 12.4. The quantitative estimate of drug-likeness (QED) is 0.603. The van der Waals surface area contributed by atoms with Crippen molar-refractivity contribution in [2.75, 3.05) is 20.2 Å². The van der Waals surface area contributed by atoms with E-state index in [1.807, 2.05) is 0 Å². The molecule has 1 saturated carbocycles. The zero-order chi connectivity index (χ0) is 15.0. The molecule has 4 N–H and O–H groups in total. The van der Waals surface area contributed by atoms with E-state index in [1.165, 1.54) is 7.11 Å². The van der Waals surface area contributed by atoms with Gasteiger partial charge in [0.05, 0.1) is 17.9 Å². The van der Waals surface area contributed by atoms with Crippen molar-refractivity contribution in [2.24, 2.45) is 11.1 Å². The van der Waals surface area contributed by atoms with Crippen molar-refractivity contribution < 1.29 is 19.4 Å². The molecular formula is C14H26N2O4. The predicted octanol–water partition coefficient (Wildman–Crippen LogP) is 0.892. The molecule has 0 heterocycles. The molecule has 0 saturated heterocycles. The van der Waals surface area contributed by atoms with E-state index >= 15 is 0 Å². The van der Waals surface area contributed by atoms with Crippen molar-refractivity contribution in [1.29, 1.82) is 0 Å². The van der Waals surface area contributed by atoms with Gasteiger partial charge in [-0.05, 0) is 12.8 Å². The smallest absolute Gasteiger partial charge is 0.306 e. The van der Waals surface area contributed by atoms with Crippen LogP contribution in [0.25, 0.3) is 0 Å². The summed E-state index contributed by atoms with van der Waals surface area (Å²) in [4.78, 5) is 23.1. The molecule has 0 aromatic heterocycles. The third kappa shape index (κ3) is 4.76. The average Bonchev–Trinajstić information content (AvgIpc) is 2.69. The Bertz CT molecular complexity index is 325. The van der Waals surface area contributed by atoms with Crippen LogP contribution in [0.15, 0.2) is 0 Å². The van der Waals surface area contributed by atoms with Crippen LogP contribution < -0.4 is 11.1 Å². The fourth-order valence-corrected chi connectivity index (χ4v) is 2.76. The fraction of sp³-hybridized carbons (Fsp3) is 0.857. The first-order valence-corrected chi connectivity index (χ1v) is 7.27. The fourth-order valence-electron chi connectivity index (χ4n) is 2.76. The second kappa shape index (κ2) is 8.21. The number of amides is 1. The molecule has 1 rings (SSSR count). The minimum atomic E-state index is -0.936. The summed E-state index contributed by atoms with van der Waals surface area (Å²) in [5.74, 6) is -0.997. The Morgan fingerprint density at radius 2 is 1.90 bits per heavy atom. The number of nitrogens with two attached hydrogens (primary N) is 1. The molecule has 1 amide bonds. The summed E-state index contributed by atoms with van der Waals surface area (Å²) in [7, 11) is 1.45. The number of rotatable bonds is 7. The number of carboxylic acids is 1. The molecule has 116 valence electrons. The number of carbonyl (C=O) groups excluding carboxylic acids is 1. The van der Waals surface area contributed by atoms with Gasteiger partial charge in [-0.15, -0.1) is 0 Å². The van der Waals surface area contributed by atoms with Gasteiger partial charge < -0.3 is 20.9 Å². The molecule has 0 aromatic carbocycles. The van der Waals surface area contributed by atoms with Gasteiger partial charge >= 0.3 is 5.97 Å². The van der Waals surface area contributed by atoms with E-state index < -0.39 is 17.5 Å². The van der Waals surface area contributed by atoms with Crippen molar-refractivity contribution in [3.63, 3.8) is 0 Å². The summed E-state index contributed by atoms with van der Waals surface area (Å²) in [6.07, 6.45) is 5.34. The molecule has 1 unspecified atom stereocenters. The van der Waals surface area contributed by atoms with E-state index in [2.05, 4.69) is 5.32 Å². The van der Waals surface area contributed by atoms with Crippen LogP contribution in [0.2, 0.25) is 0 Å². The summed E-state index contributed by atoms with van der Waals surface area (Å²) in [5.41, 5.74) is 5.35. The van der Waals surface area contributed by atoms with Gasteiger partial charge in [0, 0.05) is 20.2 Å². The summed E-state index contributed by atoms with van der Waals surface area (Å²) in [6, 6.07) is 0. The van der Waals surface area contributed by atoms with Crippen molar-refractivity contribution in [1.82, 2.24) is 5.32 Å². The van der Waals surface area contributed by atoms with Gasteiger partial charge in [-0.25, -0.2) is 0 Å². The van der Waals surface area contributed by atoms with Crippen LogP contribution in [0.5, 0.6) is 0 Å². The zero-order valence-electron chi connectivity index (χ0n) is 12.2. The number of methoxy groups -OCH3 is 1. The highest BCUT2D eigenvalue weighted by Crippen LogP contribution is 2.34. The van der Waals surface area contributed by atoms with Crippen molar-refractivity contribution >= 4 is 11.9 Å². The standard InChI is InChI=1S/C14H26N2O4/c1-20-11(8-12(17)18)9-16-13(19)14(10-15)6-4-2-3-5-7-14/h11H,2-10,15H2,1H3,(H,16,19)(H,17,18). The lowest BCUT2D eigenvalue weighted by molar-refractivity contribution is -0.140. The Morgan fingerprint density at radius 3 is 2.35 bits per heavy atom. The van der Waals surface area contributed by atoms with Crippen LogP contribution in [-0.4, -0.2) is 43.3 Å². The molecule has 1 aliphatic carbocycles. The minimum absolute atomic E-state index is 0.0608. The number of hydrogen-bond donors (Lipinski definition) is 3.